The first-order chi connectivity index (χ1) is 11.6. The largest absolute Gasteiger partial charge is 0.497 e. The van der Waals surface area contributed by atoms with Gasteiger partial charge in [0.05, 0.1) is 27.7 Å². The van der Waals surface area contributed by atoms with E-state index in [0.717, 1.165) is 18.8 Å². The van der Waals surface area contributed by atoms with E-state index in [1.807, 2.05) is 30.3 Å². The van der Waals surface area contributed by atoms with Crippen molar-refractivity contribution in [3.63, 3.8) is 0 Å². The first-order valence-corrected chi connectivity index (χ1v) is 8.50. The second-order valence-corrected chi connectivity index (χ2v) is 6.36. The number of hydrogen-bond acceptors (Lipinski definition) is 2. The SMILES string of the molecule is COc1ccc([C@H](CNC(=S)NCc2ccccc2)[NH+](C)C)cc1. The molecule has 3 N–H and O–H groups in total. The minimum absolute atomic E-state index is 0.312. The lowest BCUT2D eigenvalue weighted by molar-refractivity contribution is -0.890. The topological polar surface area (TPSA) is 37.7 Å². The van der Waals surface area contributed by atoms with Crippen molar-refractivity contribution in [3.05, 3.63) is 65.7 Å². The summed E-state index contributed by atoms with van der Waals surface area (Å²) in [5.41, 5.74) is 2.47. The fourth-order valence-corrected chi connectivity index (χ4v) is 2.68. The highest BCUT2D eigenvalue weighted by atomic mass is 32.1. The van der Waals surface area contributed by atoms with E-state index < -0.39 is 0 Å². The van der Waals surface area contributed by atoms with Crippen LogP contribution in [-0.4, -0.2) is 32.9 Å². The second kappa shape index (κ2) is 9.25. The van der Waals surface area contributed by atoms with Crippen molar-refractivity contribution < 1.29 is 9.64 Å². The summed E-state index contributed by atoms with van der Waals surface area (Å²) in [5, 5.41) is 7.26. The molecule has 0 amide bonds. The Morgan fingerprint density at radius 1 is 1.04 bits per heavy atom. The molecule has 2 rings (SSSR count). The van der Waals surface area contributed by atoms with Gasteiger partial charge < -0.3 is 20.3 Å². The number of hydrogen-bond donors (Lipinski definition) is 3. The number of benzene rings is 2. The molecular formula is C19H26N3OS+. The Bertz CT molecular complexity index is 629. The van der Waals surface area contributed by atoms with Gasteiger partial charge in [-0.15, -0.1) is 0 Å². The highest BCUT2D eigenvalue weighted by Gasteiger charge is 2.18. The molecule has 2 aromatic rings. The normalized spacial score (nSPS) is 11.8. The predicted molar refractivity (Wildman–Crippen MR) is 102 cm³/mol. The smallest absolute Gasteiger partial charge is 0.166 e. The molecule has 128 valence electrons. The van der Waals surface area contributed by atoms with Crippen molar-refractivity contribution in [2.24, 2.45) is 0 Å². The van der Waals surface area contributed by atoms with Gasteiger partial charge in [0.2, 0.25) is 0 Å². The standard InChI is InChI=1S/C19H25N3OS/c1-22(2)18(16-9-11-17(23-3)12-10-16)14-21-19(24)20-13-15-7-5-4-6-8-15/h4-12,18H,13-14H2,1-3H3,(H2,20,21,24)/p+1/t18-/m0/s1. The Morgan fingerprint density at radius 3 is 2.29 bits per heavy atom. The summed E-state index contributed by atoms with van der Waals surface area (Å²) < 4.78 is 5.23. The van der Waals surface area contributed by atoms with Crippen LogP contribution in [0.2, 0.25) is 0 Å². The Labute approximate surface area is 149 Å². The third-order valence-corrected chi connectivity index (χ3v) is 4.27. The van der Waals surface area contributed by atoms with Gasteiger partial charge in [-0.2, -0.15) is 0 Å². The average molecular weight is 345 g/mol. The molecular weight excluding hydrogens is 318 g/mol. The van der Waals surface area contributed by atoms with Crippen molar-refractivity contribution in [2.45, 2.75) is 12.6 Å². The molecule has 0 bridgehead atoms. The minimum Gasteiger partial charge on any atom is -0.497 e. The summed E-state index contributed by atoms with van der Waals surface area (Å²) in [6.07, 6.45) is 0. The van der Waals surface area contributed by atoms with Gasteiger partial charge in [-0.3, -0.25) is 0 Å². The molecule has 2 aromatic carbocycles. The van der Waals surface area contributed by atoms with E-state index in [0.29, 0.717) is 11.2 Å². The van der Waals surface area contributed by atoms with E-state index in [2.05, 4.69) is 49.0 Å². The molecule has 4 nitrogen and oxygen atoms in total. The van der Waals surface area contributed by atoms with Crippen molar-refractivity contribution in [2.75, 3.05) is 27.7 Å². The summed E-state index contributed by atoms with van der Waals surface area (Å²) in [6.45, 7) is 1.50. The van der Waals surface area contributed by atoms with Crippen LogP contribution in [0.5, 0.6) is 5.75 Å². The van der Waals surface area contributed by atoms with Gasteiger partial charge >= 0.3 is 0 Å². The Balaban J connectivity index is 1.87. The third kappa shape index (κ3) is 5.51. The molecule has 0 saturated carbocycles. The molecule has 0 aliphatic carbocycles. The second-order valence-electron chi connectivity index (χ2n) is 5.95. The molecule has 0 aliphatic rings. The molecule has 0 radical (unpaired) electrons. The van der Waals surface area contributed by atoms with Crippen LogP contribution < -0.4 is 20.3 Å². The Kier molecular flexibility index (Phi) is 7.03. The lowest BCUT2D eigenvalue weighted by atomic mass is 10.1. The molecule has 0 saturated heterocycles. The van der Waals surface area contributed by atoms with Gasteiger partial charge in [-0.1, -0.05) is 30.3 Å². The fraction of sp³-hybridized carbons (Fsp3) is 0.316. The van der Waals surface area contributed by atoms with Gasteiger partial charge in [0.15, 0.2) is 5.11 Å². The summed E-state index contributed by atoms with van der Waals surface area (Å²) in [4.78, 5) is 1.35. The van der Waals surface area contributed by atoms with Crippen LogP contribution in [0.25, 0.3) is 0 Å². The summed E-state index contributed by atoms with van der Waals surface area (Å²) in [7, 11) is 5.98. The number of quaternary nitrogens is 1. The van der Waals surface area contributed by atoms with Crippen molar-refractivity contribution in [1.29, 1.82) is 0 Å². The van der Waals surface area contributed by atoms with Crippen LogP contribution in [0.15, 0.2) is 54.6 Å². The Morgan fingerprint density at radius 2 is 1.71 bits per heavy atom. The first-order valence-electron chi connectivity index (χ1n) is 8.09. The number of ether oxygens (including phenoxy) is 1. The molecule has 5 heteroatoms. The lowest BCUT2D eigenvalue weighted by Crippen LogP contribution is -3.07. The zero-order chi connectivity index (χ0) is 17.4. The maximum absolute atomic E-state index is 5.40. The van der Waals surface area contributed by atoms with Gasteiger partial charge in [0.25, 0.3) is 0 Å². The zero-order valence-corrected chi connectivity index (χ0v) is 15.3. The maximum Gasteiger partial charge on any atom is 0.166 e. The van der Waals surface area contributed by atoms with Crippen LogP contribution in [0.4, 0.5) is 0 Å². The molecule has 0 fully saturated rings. The number of likely N-dealkylation sites (N-methyl/N-ethyl adjacent to an activating group) is 1. The van der Waals surface area contributed by atoms with E-state index in [1.165, 1.54) is 16.0 Å². The highest BCUT2D eigenvalue weighted by molar-refractivity contribution is 7.80. The summed E-state index contributed by atoms with van der Waals surface area (Å²) >= 11 is 5.40. The van der Waals surface area contributed by atoms with Gasteiger partial charge in [0, 0.05) is 12.1 Å². The van der Waals surface area contributed by atoms with Gasteiger partial charge in [-0.25, -0.2) is 0 Å². The monoisotopic (exact) mass is 344 g/mol. The summed E-state index contributed by atoms with van der Waals surface area (Å²) in [6, 6.07) is 18.8. The minimum atomic E-state index is 0.312. The van der Waals surface area contributed by atoms with Crippen LogP contribution in [0.1, 0.15) is 17.2 Å². The number of methoxy groups -OCH3 is 1. The van der Waals surface area contributed by atoms with E-state index in [4.69, 9.17) is 17.0 Å². The molecule has 0 aromatic heterocycles. The van der Waals surface area contributed by atoms with E-state index >= 15 is 0 Å². The number of nitrogens with one attached hydrogen (secondary N) is 3. The molecule has 0 aliphatic heterocycles. The van der Waals surface area contributed by atoms with Crippen molar-refractivity contribution >= 4 is 17.3 Å². The fourth-order valence-electron chi connectivity index (χ4n) is 2.53. The molecule has 1 atom stereocenters. The van der Waals surface area contributed by atoms with Gasteiger partial charge in [-0.05, 0) is 42.0 Å². The van der Waals surface area contributed by atoms with Gasteiger partial charge in [0.1, 0.15) is 11.8 Å². The lowest BCUT2D eigenvalue weighted by Gasteiger charge is -2.23. The third-order valence-electron chi connectivity index (χ3n) is 3.98. The molecule has 0 spiro atoms. The van der Waals surface area contributed by atoms with Crippen LogP contribution in [-0.2, 0) is 6.54 Å². The van der Waals surface area contributed by atoms with E-state index in [9.17, 15) is 0 Å². The van der Waals surface area contributed by atoms with E-state index in [-0.39, 0.29) is 0 Å². The van der Waals surface area contributed by atoms with Crippen LogP contribution >= 0.6 is 12.2 Å². The van der Waals surface area contributed by atoms with Crippen LogP contribution in [0.3, 0.4) is 0 Å². The Hall–Kier alpha value is -2.11. The number of thiocarbonyl (C=S) groups is 1. The van der Waals surface area contributed by atoms with Crippen molar-refractivity contribution in [3.8, 4) is 5.75 Å². The quantitative estimate of drug-likeness (QED) is 0.666. The highest BCUT2D eigenvalue weighted by Crippen LogP contribution is 2.15. The van der Waals surface area contributed by atoms with Crippen LogP contribution in [0, 0.1) is 0 Å². The molecule has 0 heterocycles. The zero-order valence-electron chi connectivity index (χ0n) is 14.5. The summed E-state index contributed by atoms with van der Waals surface area (Å²) in [5.74, 6) is 0.874. The number of rotatable bonds is 7. The molecule has 24 heavy (non-hydrogen) atoms. The maximum atomic E-state index is 5.40. The van der Waals surface area contributed by atoms with E-state index in [1.54, 1.807) is 7.11 Å². The predicted octanol–water partition coefficient (Wildman–Crippen LogP) is 1.55. The average Bonchev–Trinajstić information content (AvgIpc) is 2.61. The van der Waals surface area contributed by atoms with Crippen molar-refractivity contribution in [1.82, 2.24) is 10.6 Å². The first kappa shape index (κ1) is 18.2. The molecule has 0 unspecified atom stereocenters.